The maximum atomic E-state index is 13.3. The number of benzene rings is 2. The fourth-order valence-corrected chi connectivity index (χ4v) is 3.10. The highest BCUT2D eigenvalue weighted by Gasteiger charge is 2.21. The van der Waals surface area contributed by atoms with E-state index < -0.39 is 17.3 Å². The first-order valence-electron chi connectivity index (χ1n) is 8.59. The predicted octanol–water partition coefficient (Wildman–Crippen LogP) is 2.41. The van der Waals surface area contributed by atoms with Crippen LogP contribution in [0.1, 0.15) is 12.5 Å². The minimum Gasteiger partial charge on any atom is -0.842 e. The van der Waals surface area contributed by atoms with E-state index in [1.165, 1.54) is 33.3 Å². The van der Waals surface area contributed by atoms with Gasteiger partial charge in [-0.1, -0.05) is 46.9 Å². The lowest BCUT2D eigenvalue weighted by Gasteiger charge is -2.15. The van der Waals surface area contributed by atoms with Crippen LogP contribution in [-0.2, 0) is 6.42 Å². The number of nitrogens with zero attached hydrogens (tertiary/aromatic N) is 3. The Bertz CT molecular complexity index is 1190. The molecule has 0 N–H and O–H groups in total. The number of fused-ring (bicyclic) bond motifs is 1. The number of halogens is 1. The minimum absolute atomic E-state index is 0.134. The Morgan fingerprint density at radius 1 is 1.04 bits per heavy atom. The summed E-state index contributed by atoms with van der Waals surface area (Å²) in [5, 5.41) is 17.4. The number of rotatable bonds is 3. The second-order valence-electron chi connectivity index (χ2n) is 6.11. The smallest absolute Gasteiger partial charge is 0.365 e. The quantitative estimate of drug-likeness (QED) is 0.527. The molecule has 0 aliphatic carbocycles. The molecule has 0 radical (unpaired) electrons. The standard InChI is InChI=1S/C21H16FN3O2/c1-2-17-20(26)24(16-10-8-15(22)9-11-16)19-13-12-18(23-25(19)21(17)27)14-6-4-3-5-7-14/h3-13H,2H2,1H3. The minimum atomic E-state index is -0.436. The number of aromatic nitrogens is 3. The second kappa shape index (κ2) is 6.64. The predicted molar refractivity (Wildman–Crippen MR) is 97.2 cm³/mol. The third-order valence-corrected chi connectivity index (χ3v) is 4.46. The van der Waals surface area contributed by atoms with Crippen LogP contribution in [0.3, 0.4) is 0 Å². The van der Waals surface area contributed by atoms with E-state index in [1.54, 1.807) is 19.1 Å². The first-order chi connectivity index (χ1) is 13.1. The lowest BCUT2D eigenvalue weighted by Crippen LogP contribution is -2.43. The van der Waals surface area contributed by atoms with Crippen LogP contribution in [0.4, 0.5) is 4.39 Å². The van der Waals surface area contributed by atoms with E-state index in [-0.39, 0.29) is 12.0 Å². The van der Waals surface area contributed by atoms with Crippen LogP contribution in [0.15, 0.2) is 71.5 Å². The molecule has 0 saturated heterocycles. The van der Waals surface area contributed by atoms with Crippen molar-refractivity contribution in [1.29, 1.82) is 0 Å². The molecular weight excluding hydrogens is 345 g/mol. The molecule has 4 rings (SSSR count). The van der Waals surface area contributed by atoms with E-state index in [9.17, 15) is 14.3 Å². The SMILES string of the molecule is CCc1c([O-])[n+](-c2ccc(F)cc2)c2ccc(-c3ccccc3)nn2c1=O. The molecule has 0 unspecified atom stereocenters. The molecule has 134 valence electrons. The summed E-state index contributed by atoms with van der Waals surface area (Å²) in [4.78, 5) is 12.8. The number of hydrogen-bond acceptors (Lipinski definition) is 3. The molecule has 0 bridgehead atoms. The van der Waals surface area contributed by atoms with E-state index in [2.05, 4.69) is 5.10 Å². The van der Waals surface area contributed by atoms with Crippen LogP contribution in [0.2, 0.25) is 0 Å². The molecule has 2 aromatic heterocycles. The highest BCUT2D eigenvalue weighted by Crippen LogP contribution is 2.17. The summed E-state index contributed by atoms with van der Waals surface area (Å²) in [6, 6.07) is 18.5. The summed E-state index contributed by atoms with van der Waals surface area (Å²) in [5.41, 5.74) is 1.99. The zero-order valence-electron chi connectivity index (χ0n) is 14.6. The van der Waals surface area contributed by atoms with Crippen molar-refractivity contribution in [3.63, 3.8) is 0 Å². The van der Waals surface area contributed by atoms with Crippen molar-refractivity contribution in [1.82, 2.24) is 9.61 Å². The molecule has 2 heterocycles. The Balaban J connectivity index is 2.06. The van der Waals surface area contributed by atoms with Gasteiger partial charge in [-0.05, 0) is 36.8 Å². The average Bonchev–Trinajstić information content (AvgIpc) is 2.70. The van der Waals surface area contributed by atoms with Gasteiger partial charge >= 0.3 is 11.2 Å². The summed E-state index contributed by atoms with van der Waals surface area (Å²) >= 11 is 0. The maximum Gasteiger partial charge on any atom is 0.365 e. The summed E-state index contributed by atoms with van der Waals surface area (Å²) in [5.74, 6) is -0.812. The van der Waals surface area contributed by atoms with Crippen LogP contribution in [-0.4, -0.2) is 9.61 Å². The van der Waals surface area contributed by atoms with Crippen LogP contribution in [0, 0.1) is 5.82 Å². The van der Waals surface area contributed by atoms with Gasteiger partial charge < -0.3 is 5.11 Å². The van der Waals surface area contributed by atoms with E-state index in [1.807, 2.05) is 30.3 Å². The normalized spacial score (nSPS) is 11.0. The second-order valence-corrected chi connectivity index (χ2v) is 6.11. The van der Waals surface area contributed by atoms with Gasteiger partial charge in [-0.2, -0.15) is 0 Å². The van der Waals surface area contributed by atoms with Crippen LogP contribution < -0.4 is 15.2 Å². The van der Waals surface area contributed by atoms with E-state index >= 15 is 0 Å². The van der Waals surface area contributed by atoms with E-state index in [4.69, 9.17) is 0 Å². The molecule has 4 aromatic rings. The summed E-state index contributed by atoms with van der Waals surface area (Å²) in [6.45, 7) is 1.75. The molecule has 0 aliphatic rings. The Morgan fingerprint density at radius 3 is 2.41 bits per heavy atom. The van der Waals surface area contributed by atoms with Crippen LogP contribution >= 0.6 is 0 Å². The van der Waals surface area contributed by atoms with Gasteiger partial charge in [0.1, 0.15) is 17.2 Å². The fourth-order valence-electron chi connectivity index (χ4n) is 3.10. The highest BCUT2D eigenvalue weighted by atomic mass is 19.1. The Labute approximate surface area is 154 Å². The third-order valence-electron chi connectivity index (χ3n) is 4.46. The van der Waals surface area contributed by atoms with Gasteiger partial charge in [-0.15, -0.1) is 0 Å². The first-order valence-corrected chi connectivity index (χ1v) is 8.59. The summed E-state index contributed by atoms with van der Waals surface area (Å²) in [7, 11) is 0. The zero-order valence-corrected chi connectivity index (χ0v) is 14.6. The molecule has 2 aromatic carbocycles. The maximum absolute atomic E-state index is 13.3. The fraction of sp³-hybridized carbons (Fsp3) is 0.0952. The molecule has 0 amide bonds. The van der Waals surface area contributed by atoms with E-state index in [0.29, 0.717) is 17.0 Å². The van der Waals surface area contributed by atoms with Gasteiger partial charge in [0.25, 0.3) is 0 Å². The average molecular weight is 361 g/mol. The first kappa shape index (κ1) is 16.9. The van der Waals surface area contributed by atoms with Gasteiger partial charge in [0, 0.05) is 11.6 Å². The van der Waals surface area contributed by atoms with Crippen molar-refractivity contribution >= 4 is 5.65 Å². The summed E-state index contributed by atoms with van der Waals surface area (Å²) in [6.07, 6.45) is 0.277. The van der Waals surface area contributed by atoms with Crippen molar-refractivity contribution in [2.45, 2.75) is 13.3 Å². The molecule has 0 atom stereocenters. The summed E-state index contributed by atoms with van der Waals surface area (Å²) < 4.78 is 15.9. The molecule has 0 spiro atoms. The lowest BCUT2D eigenvalue weighted by atomic mass is 10.1. The topological polar surface area (TPSA) is 61.3 Å². The van der Waals surface area contributed by atoms with Crippen molar-refractivity contribution in [3.8, 4) is 22.8 Å². The van der Waals surface area contributed by atoms with Crippen molar-refractivity contribution in [2.24, 2.45) is 0 Å². The highest BCUT2D eigenvalue weighted by molar-refractivity contribution is 5.59. The molecule has 6 heteroatoms. The van der Waals surface area contributed by atoms with E-state index in [0.717, 1.165) is 5.56 Å². The molecule has 27 heavy (non-hydrogen) atoms. The van der Waals surface area contributed by atoms with Crippen LogP contribution in [0.5, 0.6) is 5.88 Å². The van der Waals surface area contributed by atoms with Gasteiger partial charge in [-0.25, -0.2) is 13.8 Å². The van der Waals surface area contributed by atoms with Gasteiger partial charge in [0.05, 0.1) is 11.4 Å². The zero-order chi connectivity index (χ0) is 19.0. The van der Waals surface area contributed by atoms with Crippen molar-refractivity contribution in [3.05, 3.63) is 88.5 Å². The molecular formula is C21H16FN3O2. The van der Waals surface area contributed by atoms with Crippen molar-refractivity contribution < 1.29 is 14.1 Å². The van der Waals surface area contributed by atoms with Gasteiger partial charge in [0.15, 0.2) is 0 Å². The molecule has 0 saturated carbocycles. The Hall–Kier alpha value is -3.54. The molecule has 0 aliphatic heterocycles. The Kier molecular flexibility index (Phi) is 4.16. The van der Waals surface area contributed by atoms with Gasteiger partial charge in [0.2, 0.25) is 0 Å². The number of hydrogen-bond donors (Lipinski definition) is 0. The van der Waals surface area contributed by atoms with Gasteiger partial charge in [-0.3, -0.25) is 0 Å². The third kappa shape index (κ3) is 2.85. The molecule has 5 nitrogen and oxygen atoms in total. The van der Waals surface area contributed by atoms with Crippen molar-refractivity contribution in [2.75, 3.05) is 0 Å². The lowest BCUT2D eigenvalue weighted by molar-refractivity contribution is -0.632. The van der Waals surface area contributed by atoms with Crippen LogP contribution in [0.25, 0.3) is 22.6 Å². The molecule has 0 fully saturated rings. The largest absolute Gasteiger partial charge is 0.842 e. The monoisotopic (exact) mass is 361 g/mol. The Morgan fingerprint density at radius 2 is 1.74 bits per heavy atom.